The van der Waals surface area contributed by atoms with Crippen LogP contribution in [0.5, 0.6) is 0 Å². The van der Waals surface area contributed by atoms with E-state index in [1.807, 2.05) is 18.7 Å². The number of carbonyl (C=O) groups is 1. The molecule has 0 radical (unpaired) electrons. The molecule has 0 amide bonds. The molecule has 2 saturated heterocycles. The summed E-state index contributed by atoms with van der Waals surface area (Å²) in [7, 11) is 0. The lowest BCUT2D eigenvalue weighted by atomic mass is 9.72. The highest BCUT2D eigenvalue weighted by Crippen LogP contribution is 2.42. The quantitative estimate of drug-likeness (QED) is 0.852. The van der Waals surface area contributed by atoms with Crippen LogP contribution in [0.1, 0.15) is 39.5 Å². The zero-order valence-electron chi connectivity index (χ0n) is 11.5. The smallest absolute Gasteiger partial charge is 0.143 e. The maximum atomic E-state index is 12.7. The fourth-order valence-electron chi connectivity index (χ4n) is 3.03. The van der Waals surface area contributed by atoms with Gasteiger partial charge in [0.15, 0.2) is 0 Å². The highest BCUT2D eigenvalue weighted by Gasteiger charge is 2.45. The topological polar surface area (TPSA) is 52.3 Å². The van der Waals surface area contributed by atoms with Crippen molar-refractivity contribution in [3.63, 3.8) is 0 Å². The molecule has 2 heterocycles. The molecule has 0 aromatic rings. The molecule has 0 bridgehead atoms. The van der Waals surface area contributed by atoms with Crippen LogP contribution in [0.2, 0.25) is 0 Å². The van der Waals surface area contributed by atoms with E-state index < -0.39 is 0 Å². The van der Waals surface area contributed by atoms with Crippen molar-refractivity contribution in [1.29, 1.82) is 0 Å². The van der Waals surface area contributed by atoms with Crippen molar-refractivity contribution in [2.24, 2.45) is 17.1 Å². The Balaban J connectivity index is 2.06. The van der Waals surface area contributed by atoms with Gasteiger partial charge in [0.25, 0.3) is 0 Å². The molecule has 3 nitrogen and oxygen atoms in total. The van der Waals surface area contributed by atoms with Crippen molar-refractivity contribution in [3.8, 4) is 0 Å². The number of Topliss-reactive ketones (excluding diaryl/α,β-unsaturated/α-hetero) is 1. The van der Waals surface area contributed by atoms with Crippen molar-refractivity contribution >= 4 is 17.5 Å². The van der Waals surface area contributed by atoms with Gasteiger partial charge in [-0.25, -0.2) is 0 Å². The van der Waals surface area contributed by atoms with Crippen molar-refractivity contribution < 1.29 is 9.53 Å². The minimum absolute atomic E-state index is 0.00745. The van der Waals surface area contributed by atoms with Gasteiger partial charge in [-0.2, -0.15) is 11.8 Å². The Hall–Kier alpha value is -0.0600. The van der Waals surface area contributed by atoms with Gasteiger partial charge in [0.2, 0.25) is 0 Å². The molecule has 0 saturated carbocycles. The number of hydrogen-bond donors (Lipinski definition) is 1. The van der Waals surface area contributed by atoms with Crippen LogP contribution >= 0.6 is 11.8 Å². The summed E-state index contributed by atoms with van der Waals surface area (Å²) in [6.45, 7) is 5.27. The molecule has 2 N–H and O–H groups in total. The van der Waals surface area contributed by atoms with Crippen molar-refractivity contribution in [2.75, 3.05) is 24.7 Å². The van der Waals surface area contributed by atoms with E-state index >= 15 is 0 Å². The maximum absolute atomic E-state index is 12.7. The average molecular weight is 271 g/mol. The molecule has 4 heteroatoms. The summed E-state index contributed by atoms with van der Waals surface area (Å²) in [5.74, 6) is 2.75. The van der Waals surface area contributed by atoms with E-state index in [-0.39, 0.29) is 16.9 Å². The lowest BCUT2D eigenvalue weighted by Gasteiger charge is -2.40. The van der Waals surface area contributed by atoms with Crippen LogP contribution in [0.4, 0.5) is 0 Å². The molecular formula is C14H25NO2S. The van der Waals surface area contributed by atoms with Crippen LogP contribution in [-0.2, 0) is 9.53 Å². The predicted octanol–water partition coefficient (Wildman–Crippen LogP) is 2.23. The van der Waals surface area contributed by atoms with Crippen LogP contribution < -0.4 is 5.73 Å². The number of ether oxygens (including phenoxy) is 1. The Morgan fingerprint density at radius 3 is 2.94 bits per heavy atom. The van der Waals surface area contributed by atoms with Gasteiger partial charge in [0.1, 0.15) is 5.78 Å². The fourth-order valence-corrected chi connectivity index (χ4v) is 4.41. The first-order valence-electron chi connectivity index (χ1n) is 7.01. The molecule has 3 unspecified atom stereocenters. The molecule has 0 aliphatic carbocycles. The Morgan fingerprint density at radius 1 is 1.61 bits per heavy atom. The van der Waals surface area contributed by atoms with E-state index in [0.717, 1.165) is 38.0 Å². The summed E-state index contributed by atoms with van der Waals surface area (Å²) in [5.41, 5.74) is 5.47. The second kappa shape index (κ2) is 5.51. The van der Waals surface area contributed by atoms with Gasteiger partial charge in [-0.15, -0.1) is 0 Å². The van der Waals surface area contributed by atoms with Crippen molar-refractivity contribution in [2.45, 2.75) is 45.1 Å². The zero-order chi connectivity index (χ0) is 13.2. The summed E-state index contributed by atoms with van der Waals surface area (Å²) < 4.78 is 5.98. The molecule has 18 heavy (non-hydrogen) atoms. The van der Waals surface area contributed by atoms with Crippen LogP contribution in [-0.4, -0.2) is 36.0 Å². The first kappa shape index (κ1) is 14.4. The third-order valence-corrected chi connectivity index (χ3v) is 5.98. The Morgan fingerprint density at radius 2 is 2.39 bits per heavy atom. The summed E-state index contributed by atoms with van der Waals surface area (Å²) >= 11 is 1.95. The minimum atomic E-state index is -0.338. The van der Waals surface area contributed by atoms with Crippen molar-refractivity contribution in [3.05, 3.63) is 0 Å². The fraction of sp³-hybridized carbons (Fsp3) is 0.929. The number of nitrogens with two attached hydrogens (primary N) is 1. The molecule has 1 spiro atoms. The number of thioether (sulfide) groups is 1. The molecule has 0 aromatic heterocycles. The van der Waals surface area contributed by atoms with Gasteiger partial charge < -0.3 is 10.5 Å². The normalized spacial score (nSPS) is 35.6. The number of carbonyl (C=O) groups excluding carboxylic acids is 1. The first-order valence-corrected chi connectivity index (χ1v) is 8.17. The molecule has 0 aromatic carbocycles. The second-order valence-corrected chi connectivity index (χ2v) is 7.11. The molecule has 2 rings (SSSR count). The van der Waals surface area contributed by atoms with E-state index in [4.69, 9.17) is 10.5 Å². The van der Waals surface area contributed by atoms with Crippen LogP contribution in [0.15, 0.2) is 0 Å². The van der Waals surface area contributed by atoms with E-state index in [9.17, 15) is 4.79 Å². The molecular weight excluding hydrogens is 246 g/mol. The number of ketones is 1. The lowest BCUT2D eigenvalue weighted by molar-refractivity contribution is -0.142. The lowest BCUT2D eigenvalue weighted by Crippen LogP contribution is -2.47. The Bertz CT molecular complexity index is 309. The van der Waals surface area contributed by atoms with Gasteiger partial charge in [0, 0.05) is 30.2 Å². The van der Waals surface area contributed by atoms with Gasteiger partial charge in [-0.3, -0.25) is 4.79 Å². The average Bonchev–Trinajstić information content (AvgIpc) is 2.85. The van der Waals surface area contributed by atoms with Crippen molar-refractivity contribution in [1.82, 2.24) is 0 Å². The van der Waals surface area contributed by atoms with E-state index in [1.54, 1.807) is 0 Å². The predicted molar refractivity (Wildman–Crippen MR) is 75.8 cm³/mol. The first-order chi connectivity index (χ1) is 8.55. The van der Waals surface area contributed by atoms with Crippen LogP contribution in [0.3, 0.4) is 0 Å². The summed E-state index contributed by atoms with van der Waals surface area (Å²) in [5, 5.41) is 0. The highest BCUT2D eigenvalue weighted by molar-refractivity contribution is 7.99. The molecule has 2 aliphatic rings. The molecule has 2 fully saturated rings. The maximum Gasteiger partial charge on any atom is 0.143 e. The highest BCUT2D eigenvalue weighted by atomic mass is 32.2. The van der Waals surface area contributed by atoms with Gasteiger partial charge >= 0.3 is 0 Å². The Labute approximate surface area is 114 Å². The molecule has 104 valence electrons. The number of rotatable bonds is 4. The minimum Gasteiger partial charge on any atom is -0.374 e. The number of hydrogen-bond acceptors (Lipinski definition) is 4. The SMILES string of the molecule is CCC(C)(CN)C(=O)C1CCOC2(CCSC2)C1. The van der Waals surface area contributed by atoms with Crippen LogP contribution in [0.25, 0.3) is 0 Å². The summed E-state index contributed by atoms with van der Waals surface area (Å²) in [4.78, 5) is 12.7. The molecule has 2 aliphatic heterocycles. The van der Waals surface area contributed by atoms with E-state index in [2.05, 4.69) is 6.92 Å². The zero-order valence-corrected chi connectivity index (χ0v) is 12.4. The van der Waals surface area contributed by atoms with Crippen LogP contribution in [0, 0.1) is 11.3 Å². The second-order valence-electron chi connectivity index (χ2n) is 6.01. The van der Waals surface area contributed by atoms with Gasteiger partial charge in [0.05, 0.1) is 5.60 Å². The largest absolute Gasteiger partial charge is 0.374 e. The summed E-state index contributed by atoms with van der Waals surface area (Å²) in [6.07, 6.45) is 3.73. The third kappa shape index (κ3) is 2.61. The van der Waals surface area contributed by atoms with Gasteiger partial charge in [-0.05, 0) is 31.4 Å². The monoisotopic (exact) mass is 271 g/mol. The third-order valence-electron chi connectivity index (χ3n) is 4.76. The van der Waals surface area contributed by atoms with E-state index in [0.29, 0.717) is 12.3 Å². The van der Waals surface area contributed by atoms with Gasteiger partial charge in [-0.1, -0.05) is 13.8 Å². The Kier molecular flexibility index (Phi) is 4.40. The molecule has 3 atom stereocenters. The van der Waals surface area contributed by atoms with E-state index in [1.165, 1.54) is 5.75 Å². The standard InChI is InChI=1S/C14H25NO2S/c1-3-13(2,9-15)12(16)11-4-6-17-14(8-11)5-7-18-10-14/h11H,3-10,15H2,1-2H3. The summed E-state index contributed by atoms with van der Waals surface area (Å²) in [6, 6.07) is 0.